The standard InChI is InChI=1S/C19H27N3O3.ClH/c1-2-15-5-7-17(8-6-15)25-14-19(24)21-10-3-4-16(13-21)22-11-9-20-12-18(22)23;/h5-8,16,20H,2-4,9-14H2,1H3;1H. The number of carbonyl (C=O) groups is 2. The molecule has 0 bridgehead atoms. The molecule has 2 amide bonds. The minimum atomic E-state index is -0.00754. The first-order chi connectivity index (χ1) is 12.2. The van der Waals surface area contributed by atoms with Crippen LogP contribution in [0.3, 0.4) is 0 Å². The molecule has 1 atom stereocenters. The van der Waals surface area contributed by atoms with Crippen molar-refractivity contribution < 1.29 is 14.3 Å². The van der Waals surface area contributed by atoms with E-state index in [-0.39, 0.29) is 36.9 Å². The number of aryl methyl sites for hydroxylation is 1. The molecular formula is C19H28ClN3O3. The third-order valence-electron chi connectivity index (χ3n) is 5.01. The molecule has 144 valence electrons. The van der Waals surface area contributed by atoms with Crippen LogP contribution in [0.2, 0.25) is 0 Å². The minimum absolute atomic E-state index is 0. The number of piperidine rings is 1. The number of carbonyl (C=O) groups excluding carboxylic acids is 2. The van der Waals surface area contributed by atoms with Gasteiger partial charge in [-0.05, 0) is 37.0 Å². The Kier molecular flexibility index (Phi) is 7.72. The van der Waals surface area contributed by atoms with E-state index < -0.39 is 0 Å². The predicted octanol–water partition coefficient (Wildman–Crippen LogP) is 1.47. The van der Waals surface area contributed by atoms with Gasteiger partial charge in [0.1, 0.15) is 5.75 Å². The van der Waals surface area contributed by atoms with Crippen LogP contribution in [0.15, 0.2) is 24.3 Å². The summed E-state index contributed by atoms with van der Waals surface area (Å²) in [6, 6.07) is 7.99. The second kappa shape index (κ2) is 9.78. The van der Waals surface area contributed by atoms with Gasteiger partial charge in [-0.3, -0.25) is 9.59 Å². The minimum Gasteiger partial charge on any atom is -0.484 e. The van der Waals surface area contributed by atoms with Crippen molar-refractivity contribution in [3.05, 3.63) is 29.8 Å². The third-order valence-corrected chi connectivity index (χ3v) is 5.01. The number of likely N-dealkylation sites (tertiary alicyclic amines) is 1. The van der Waals surface area contributed by atoms with Crippen molar-refractivity contribution in [2.24, 2.45) is 0 Å². The number of hydrogen-bond donors (Lipinski definition) is 1. The molecule has 2 saturated heterocycles. The zero-order valence-corrected chi connectivity index (χ0v) is 16.1. The molecule has 2 heterocycles. The van der Waals surface area contributed by atoms with E-state index in [1.54, 1.807) is 0 Å². The van der Waals surface area contributed by atoms with Gasteiger partial charge in [-0.25, -0.2) is 0 Å². The fourth-order valence-electron chi connectivity index (χ4n) is 3.50. The van der Waals surface area contributed by atoms with Crippen molar-refractivity contribution in [2.75, 3.05) is 39.3 Å². The van der Waals surface area contributed by atoms with Crippen LogP contribution in [-0.2, 0) is 16.0 Å². The molecule has 7 heteroatoms. The number of rotatable bonds is 5. The van der Waals surface area contributed by atoms with Gasteiger partial charge in [0.25, 0.3) is 5.91 Å². The quantitative estimate of drug-likeness (QED) is 0.839. The van der Waals surface area contributed by atoms with Crippen LogP contribution in [0, 0.1) is 0 Å². The lowest BCUT2D eigenvalue weighted by Gasteiger charge is -2.41. The van der Waals surface area contributed by atoms with Crippen molar-refractivity contribution in [3.63, 3.8) is 0 Å². The molecule has 2 aliphatic heterocycles. The van der Waals surface area contributed by atoms with Crippen LogP contribution in [0.5, 0.6) is 5.75 Å². The van der Waals surface area contributed by atoms with Crippen molar-refractivity contribution >= 4 is 24.2 Å². The molecule has 2 fully saturated rings. The maximum absolute atomic E-state index is 12.5. The summed E-state index contributed by atoms with van der Waals surface area (Å²) in [7, 11) is 0. The Labute approximate surface area is 161 Å². The van der Waals surface area contributed by atoms with E-state index in [9.17, 15) is 9.59 Å². The summed E-state index contributed by atoms with van der Waals surface area (Å²) in [4.78, 5) is 28.3. The molecule has 0 aliphatic carbocycles. The van der Waals surface area contributed by atoms with E-state index in [0.717, 1.165) is 44.6 Å². The SMILES string of the molecule is CCc1ccc(OCC(=O)N2CCCC(N3CCNCC3=O)C2)cc1.Cl. The van der Waals surface area contributed by atoms with Crippen LogP contribution in [-0.4, -0.2) is 67.0 Å². The van der Waals surface area contributed by atoms with Gasteiger partial charge in [-0.2, -0.15) is 0 Å². The maximum Gasteiger partial charge on any atom is 0.260 e. The van der Waals surface area contributed by atoms with Crippen molar-refractivity contribution in [1.82, 2.24) is 15.1 Å². The first-order valence-corrected chi connectivity index (χ1v) is 9.17. The number of hydrogen-bond acceptors (Lipinski definition) is 4. The molecule has 0 spiro atoms. The zero-order chi connectivity index (χ0) is 17.6. The summed E-state index contributed by atoms with van der Waals surface area (Å²) in [5.74, 6) is 0.848. The Morgan fingerprint density at radius 2 is 2.04 bits per heavy atom. The van der Waals surface area contributed by atoms with Gasteiger partial charge in [0.2, 0.25) is 5.91 Å². The number of amides is 2. The van der Waals surface area contributed by atoms with Gasteiger partial charge in [-0.1, -0.05) is 19.1 Å². The van der Waals surface area contributed by atoms with Gasteiger partial charge in [-0.15, -0.1) is 12.4 Å². The lowest BCUT2D eigenvalue weighted by molar-refractivity contribution is -0.141. The van der Waals surface area contributed by atoms with E-state index in [1.165, 1.54) is 5.56 Å². The zero-order valence-electron chi connectivity index (χ0n) is 15.3. The summed E-state index contributed by atoms with van der Waals surface area (Å²) in [6.07, 6.45) is 2.88. The van der Waals surface area contributed by atoms with E-state index in [2.05, 4.69) is 12.2 Å². The number of nitrogens with zero attached hydrogens (tertiary/aromatic N) is 2. The summed E-state index contributed by atoms with van der Waals surface area (Å²) in [5.41, 5.74) is 1.25. The van der Waals surface area contributed by atoms with Crippen LogP contribution in [0.25, 0.3) is 0 Å². The average Bonchev–Trinajstić information content (AvgIpc) is 2.67. The predicted molar refractivity (Wildman–Crippen MR) is 103 cm³/mol. The smallest absolute Gasteiger partial charge is 0.260 e. The number of ether oxygens (including phenoxy) is 1. The fourth-order valence-corrected chi connectivity index (χ4v) is 3.50. The molecule has 1 N–H and O–H groups in total. The molecule has 2 aliphatic rings. The third kappa shape index (κ3) is 5.11. The molecule has 1 aromatic rings. The molecule has 0 saturated carbocycles. The van der Waals surface area contributed by atoms with E-state index in [1.807, 2.05) is 34.1 Å². The second-order valence-electron chi connectivity index (χ2n) is 6.69. The van der Waals surface area contributed by atoms with Crippen molar-refractivity contribution in [1.29, 1.82) is 0 Å². The van der Waals surface area contributed by atoms with Crippen LogP contribution in [0.4, 0.5) is 0 Å². The Balaban J connectivity index is 0.00000243. The highest BCUT2D eigenvalue weighted by molar-refractivity contribution is 5.85. The molecule has 0 radical (unpaired) electrons. The number of nitrogens with one attached hydrogen (secondary N) is 1. The van der Waals surface area contributed by atoms with Crippen LogP contribution >= 0.6 is 12.4 Å². The summed E-state index contributed by atoms with van der Waals surface area (Å²) in [6.45, 7) is 5.47. The molecule has 0 aromatic heterocycles. The highest BCUT2D eigenvalue weighted by atomic mass is 35.5. The Hall–Kier alpha value is -1.79. The molecular weight excluding hydrogens is 354 g/mol. The first kappa shape index (κ1) is 20.5. The van der Waals surface area contributed by atoms with Gasteiger partial charge >= 0.3 is 0 Å². The van der Waals surface area contributed by atoms with E-state index in [4.69, 9.17) is 4.74 Å². The Morgan fingerprint density at radius 3 is 2.73 bits per heavy atom. The van der Waals surface area contributed by atoms with Crippen molar-refractivity contribution in [2.45, 2.75) is 32.2 Å². The largest absolute Gasteiger partial charge is 0.484 e. The van der Waals surface area contributed by atoms with Crippen molar-refractivity contribution in [3.8, 4) is 5.75 Å². The summed E-state index contributed by atoms with van der Waals surface area (Å²) >= 11 is 0. The highest BCUT2D eigenvalue weighted by Crippen LogP contribution is 2.18. The summed E-state index contributed by atoms with van der Waals surface area (Å²) in [5, 5.41) is 3.09. The number of piperazine rings is 1. The van der Waals surface area contributed by atoms with Crippen LogP contribution < -0.4 is 10.1 Å². The number of benzene rings is 1. The molecule has 6 nitrogen and oxygen atoms in total. The van der Waals surface area contributed by atoms with E-state index >= 15 is 0 Å². The highest BCUT2D eigenvalue weighted by Gasteiger charge is 2.31. The van der Waals surface area contributed by atoms with Gasteiger partial charge in [0.05, 0.1) is 6.54 Å². The van der Waals surface area contributed by atoms with E-state index in [0.29, 0.717) is 13.1 Å². The topological polar surface area (TPSA) is 61.9 Å². The molecule has 26 heavy (non-hydrogen) atoms. The van der Waals surface area contributed by atoms with Gasteiger partial charge < -0.3 is 19.9 Å². The fraction of sp³-hybridized carbons (Fsp3) is 0.579. The monoisotopic (exact) mass is 381 g/mol. The molecule has 1 unspecified atom stereocenters. The number of halogens is 1. The normalized spacial score (nSPS) is 20.5. The average molecular weight is 382 g/mol. The molecule has 3 rings (SSSR count). The maximum atomic E-state index is 12.5. The Morgan fingerprint density at radius 1 is 1.27 bits per heavy atom. The lowest BCUT2D eigenvalue weighted by atomic mass is 10.0. The first-order valence-electron chi connectivity index (χ1n) is 9.17. The van der Waals surface area contributed by atoms with Gasteiger partial charge in [0.15, 0.2) is 6.61 Å². The lowest BCUT2D eigenvalue weighted by Crippen LogP contribution is -2.57. The molecule has 1 aromatic carbocycles. The second-order valence-corrected chi connectivity index (χ2v) is 6.69. The van der Waals surface area contributed by atoms with Crippen LogP contribution in [0.1, 0.15) is 25.3 Å². The van der Waals surface area contributed by atoms with Gasteiger partial charge in [0, 0.05) is 32.2 Å². The summed E-state index contributed by atoms with van der Waals surface area (Å²) < 4.78 is 5.64. The Bertz CT molecular complexity index is 609.